The van der Waals surface area contributed by atoms with E-state index in [1.165, 1.54) is 4.68 Å². The van der Waals surface area contributed by atoms with Gasteiger partial charge in [0.05, 0.1) is 17.3 Å². The Labute approximate surface area is 96.6 Å². The van der Waals surface area contributed by atoms with Gasteiger partial charge in [-0.3, -0.25) is 0 Å². The highest BCUT2D eigenvalue weighted by atomic mass is 35.7. The lowest BCUT2D eigenvalue weighted by Crippen LogP contribution is -2.04. The van der Waals surface area contributed by atoms with E-state index in [0.29, 0.717) is 6.42 Å². The van der Waals surface area contributed by atoms with Gasteiger partial charge in [0.2, 0.25) is 4.90 Å². The Balaban J connectivity index is 3.38. The van der Waals surface area contributed by atoms with Gasteiger partial charge in [-0.2, -0.15) is 4.68 Å². The van der Waals surface area contributed by atoms with Crippen molar-refractivity contribution in [2.75, 3.05) is 0 Å². The molecular weight excluding hydrogens is 258 g/mol. The summed E-state index contributed by atoms with van der Waals surface area (Å²) in [4.78, 5) is 9.16. The van der Waals surface area contributed by atoms with E-state index in [1.54, 1.807) is 6.92 Å². The zero-order chi connectivity index (χ0) is 12.5. The minimum atomic E-state index is -4.15. The van der Waals surface area contributed by atoms with E-state index in [-0.39, 0.29) is 6.04 Å². The Morgan fingerprint density at radius 2 is 2.25 bits per heavy atom. The van der Waals surface area contributed by atoms with Crippen LogP contribution in [0.4, 0.5) is 5.82 Å². The Bertz CT molecular complexity index is 510. The predicted octanol–water partition coefficient (Wildman–Crippen LogP) is 1.69. The summed E-state index contributed by atoms with van der Waals surface area (Å²) in [7, 11) is 0.931. The van der Waals surface area contributed by atoms with Crippen LogP contribution in [0, 0.1) is 10.1 Å². The molecule has 1 aromatic rings. The maximum atomic E-state index is 11.1. The van der Waals surface area contributed by atoms with Crippen molar-refractivity contribution < 1.29 is 13.3 Å². The molecule has 0 radical (unpaired) electrons. The van der Waals surface area contributed by atoms with Gasteiger partial charge in [-0.15, -0.1) is 0 Å². The second kappa shape index (κ2) is 4.38. The van der Waals surface area contributed by atoms with Crippen molar-refractivity contribution in [1.82, 2.24) is 9.78 Å². The number of halogens is 1. The van der Waals surface area contributed by atoms with E-state index >= 15 is 0 Å². The molecule has 0 aliphatic carbocycles. The first-order chi connectivity index (χ1) is 7.27. The van der Waals surface area contributed by atoms with Crippen molar-refractivity contribution in [3.05, 3.63) is 16.3 Å². The number of nitro groups is 1. The molecule has 0 spiro atoms. The highest BCUT2D eigenvalue weighted by Gasteiger charge is 2.30. The van der Waals surface area contributed by atoms with Crippen LogP contribution in [0.2, 0.25) is 0 Å². The first-order valence-corrected chi connectivity index (χ1v) is 6.76. The van der Waals surface area contributed by atoms with E-state index < -0.39 is 24.7 Å². The third kappa shape index (κ3) is 2.50. The summed E-state index contributed by atoms with van der Waals surface area (Å²) in [5, 5.41) is 14.2. The fourth-order valence-corrected chi connectivity index (χ4v) is 1.97. The Kier molecular flexibility index (Phi) is 3.54. The lowest BCUT2D eigenvalue weighted by atomic mass is 10.3. The zero-order valence-corrected chi connectivity index (χ0v) is 10.2. The largest absolute Gasteiger partial charge is 0.410 e. The van der Waals surface area contributed by atoms with Crippen LogP contribution in [-0.2, 0) is 9.05 Å². The molecule has 0 aliphatic heterocycles. The van der Waals surface area contributed by atoms with E-state index in [1.807, 2.05) is 6.92 Å². The van der Waals surface area contributed by atoms with E-state index in [0.717, 1.165) is 6.20 Å². The molecule has 1 atom stereocenters. The summed E-state index contributed by atoms with van der Waals surface area (Å²) < 4.78 is 23.4. The van der Waals surface area contributed by atoms with Crippen LogP contribution < -0.4 is 0 Å². The average molecular weight is 268 g/mol. The molecule has 0 aromatic carbocycles. The minimum absolute atomic E-state index is 0.133. The summed E-state index contributed by atoms with van der Waals surface area (Å²) in [6, 6.07) is -0.133. The van der Waals surface area contributed by atoms with Crippen molar-refractivity contribution in [1.29, 1.82) is 0 Å². The van der Waals surface area contributed by atoms with Crippen LogP contribution >= 0.6 is 10.7 Å². The molecule has 90 valence electrons. The predicted molar refractivity (Wildman–Crippen MR) is 56.9 cm³/mol. The highest BCUT2D eigenvalue weighted by Crippen LogP contribution is 2.26. The number of nitrogens with zero attached hydrogens (tertiary/aromatic N) is 3. The molecule has 0 aliphatic rings. The standard InChI is InChI=1S/C7H10ClN3O4S/c1-3-5(2)10-4-6(16(8,14)15)7(9-10)11(12)13/h4-5H,3H2,1-2H3. The molecule has 0 saturated carbocycles. The van der Waals surface area contributed by atoms with Crippen LogP contribution in [0.1, 0.15) is 26.3 Å². The number of rotatable bonds is 4. The molecule has 1 rings (SSSR count). The first-order valence-electron chi connectivity index (χ1n) is 4.45. The smallest absolute Gasteiger partial charge is 0.358 e. The minimum Gasteiger partial charge on any atom is -0.358 e. The van der Waals surface area contributed by atoms with Crippen molar-refractivity contribution in [3.63, 3.8) is 0 Å². The molecular formula is C7H10ClN3O4S. The number of aromatic nitrogens is 2. The second-order valence-corrected chi connectivity index (χ2v) is 5.78. The molecule has 7 nitrogen and oxygen atoms in total. The maximum Gasteiger partial charge on any atom is 0.410 e. The molecule has 0 bridgehead atoms. The fraction of sp³-hybridized carbons (Fsp3) is 0.571. The quantitative estimate of drug-likeness (QED) is 0.470. The molecule has 0 saturated heterocycles. The van der Waals surface area contributed by atoms with Gasteiger partial charge < -0.3 is 10.1 Å². The van der Waals surface area contributed by atoms with Crippen LogP contribution in [-0.4, -0.2) is 23.1 Å². The molecule has 1 heterocycles. The van der Waals surface area contributed by atoms with Gasteiger partial charge >= 0.3 is 5.82 Å². The van der Waals surface area contributed by atoms with Gasteiger partial charge in [0.1, 0.15) is 0 Å². The summed E-state index contributed by atoms with van der Waals surface area (Å²) >= 11 is 0. The number of hydrogen-bond acceptors (Lipinski definition) is 5. The zero-order valence-electron chi connectivity index (χ0n) is 8.62. The van der Waals surface area contributed by atoms with Crippen LogP contribution in [0.15, 0.2) is 11.1 Å². The van der Waals surface area contributed by atoms with E-state index in [9.17, 15) is 18.5 Å². The Morgan fingerprint density at radius 1 is 1.69 bits per heavy atom. The van der Waals surface area contributed by atoms with Gasteiger partial charge in [-0.25, -0.2) is 8.42 Å². The lowest BCUT2D eigenvalue weighted by Gasteiger charge is -2.02. The summed E-state index contributed by atoms with van der Waals surface area (Å²) in [6.45, 7) is 3.62. The van der Waals surface area contributed by atoms with Crippen LogP contribution in [0.25, 0.3) is 0 Å². The Hall–Kier alpha value is -1.15. The average Bonchev–Trinajstić information content (AvgIpc) is 2.60. The molecule has 9 heteroatoms. The van der Waals surface area contributed by atoms with Crippen molar-refractivity contribution in [3.8, 4) is 0 Å². The Morgan fingerprint density at radius 3 is 2.56 bits per heavy atom. The summed E-state index contributed by atoms with van der Waals surface area (Å²) in [5.74, 6) is -0.740. The van der Waals surface area contributed by atoms with Crippen molar-refractivity contribution >= 4 is 25.6 Å². The normalized spacial score (nSPS) is 13.7. The van der Waals surface area contributed by atoms with Gasteiger partial charge in [-0.1, -0.05) is 6.92 Å². The van der Waals surface area contributed by atoms with Crippen LogP contribution in [0.3, 0.4) is 0 Å². The molecule has 0 amide bonds. The van der Waals surface area contributed by atoms with E-state index in [2.05, 4.69) is 5.10 Å². The lowest BCUT2D eigenvalue weighted by molar-refractivity contribution is -0.392. The third-order valence-electron chi connectivity index (χ3n) is 2.16. The first kappa shape index (κ1) is 12.9. The van der Waals surface area contributed by atoms with Gasteiger partial charge in [-0.05, 0) is 18.3 Å². The highest BCUT2D eigenvalue weighted by molar-refractivity contribution is 8.13. The van der Waals surface area contributed by atoms with Gasteiger partial charge in [0, 0.05) is 10.7 Å². The summed E-state index contributed by atoms with van der Waals surface area (Å²) in [6.07, 6.45) is 1.75. The molecule has 1 unspecified atom stereocenters. The number of hydrogen-bond donors (Lipinski definition) is 0. The fourth-order valence-electron chi connectivity index (χ4n) is 1.08. The monoisotopic (exact) mass is 267 g/mol. The van der Waals surface area contributed by atoms with Gasteiger partial charge in [0.15, 0.2) is 0 Å². The SMILES string of the molecule is CCC(C)n1cc(S(=O)(=O)Cl)c([N+](=O)[O-])n1. The van der Waals surface area contributed by atoms with Crippen molar-refractivity contribution in [2.45, 2.75) is 31.2 Å². The molecule has 1 aromatic heterocycles. The van der Waals surface area contributed by atoms with Crippen LogP contribution in [0.5, 0.6) is 0 Å². The van der Waals surface area contributed by atoms with E-state index in [4.69, 9.17) is 10.7 Å². The van der Waals surface area contributed by atoms with Gasteiger partial charge in [0.25, 0.3) is 9.05 Å². The molecule has 0 N–H and O–H groups in total. The third-order valence-corrected chi connectivity index (χ3v) is 3.47. The second-order valence-electron chi connectivity index (χ2n) is 3.25. The maximum absolute atomic E-state index is 11.1. The molecule has 0 fully saturated rings. The van der Waals surface area contributed by atoms with Crippen molar-refractivity contribution in [2.24, 2.45) is 0 Å². The summed E-state index contributed by atoms with van der Waals surface area (Å²) in [5.41, 5.74) is 0. The topological polar surface area (TPSA) is 95.1 Å². The molecule has 16 heavy (non-hydrogen) atoms.